The van der Waals surface area contributed by atoms with E-state index in [4.69, 9.17) is 10.00 Å². The number of nitriles is 1. The summed E-state index contributed by atoms with van der Waals surface area (Å²) in [6, 6.07) is 11.8. The van der Waals surface area contributed by atoms with Crippen LogP contribution in [0.5, 0.6) is 0 Å². The number of rotatable bonds is 5. The minimum atomic E-state index is -1.12. The van der Waals surface area contributed by atoms with Gasteiger partial charge < -0.3 is 9.64 Å². The third-order valence-corrected chi connectivity index (χ3v) is 6.43. The van der Waals surface area contributed by atoms with Crippen molar-refractivity contribution in [3.8, 4) is 6.07 Å². The monoisotopic (exact) mass is 340 g/mol. The van der Waals surface area contributed by atoms with Crippen LogP contribution in [0.15, 0.2) is 30.3 Å². The molecule has 1 aliphatic heterocycles. The topological polar surface area (TPSA) is 70.4 Å². The summed E-state index contributed by atoms with van der Waals surface area (Å²) < 4.78 is 5.71. The van der Waals surface area contributed by atoms with E-state index in [0.717, 1.165) is 5.56 Å². The average molecular weight is 340 g/mol. The number of hydrogen-bond acceptors (Lipinski definition) is 4. The fraction of sp³-hybridized carbons (Fsp3) is 0.550. The van der Waals surface area contributed by atoms with Crippen LogP contribution in [0.2, 0.25) is 0 Å². The van der Waals surface area contributed by atoms with E-state index >= 15 is 0 Å². The van der Waals surface area contributed by atoms with Crippen molar-refractivity contribution < 1.29 is 14.3 Å². The van der Waals surface area contributed by atoms with E-state index in [2.05, 4.69) is 6.07 Å². The Kier molecular flexibility index (Phi) is 4.10. The number of ether oxygens (including phenoxy) is 1. The molecule has 2 fully saturated rings. The van der Waals surface area contributed by atoms with Crippen molar-refractivity contribution in [3.63, 3.8) is 0 Å². The number of amides is 1. The predicted molar refractivity (Wildman–Crippen MR) is 92.0 cm³/mol. The summed E-state index contributed by atoms with van der Waals surface area (Å²) in [6.07, 6.45) is 1.45. The quantitative estimate of drug-likeness (QED) is 0.773. The van der Waals surface area contributed by atoms with Gasteiger partial charge in [0, 0.05) is 18.5 Å². The molecule has 25 heavy (non-hydrogen) atoms. The summed E-state index contributed by atoms with van der Waals surface area (Å²) in [5.41, 5.74) is -1.33. The second kappa shape index (κ2) is 5.87. The summed E-state index contributed by atoms with van der Waals surface area (Å²) in [4.78, 5) is 27.6. The third kappa shape index (κ3) is 2.35. The van der Waals surface area contributed by atoms with Crippen molar-refractivity contribution in [2.24, 2.45) is 10.8 Å². The Balaban J connectivity index is 1.92. The molecular weight excluding hydrogens is 316 g/mol. The lowest BCUT2D eigenvalue weighted by Crippen LogP contribution is -2.54. The molecule has 5 nitrogen and oxygen atoms in total. The Morgan fingerprint density at radius 3 is 2.44 bits per heavy atom. The van der Waals surface area contributed by atoms with E-state index in [1.165, 1.54) is 0 Å². The molecule has 0 spiro atoms. The lowest BCUT2D eigenvalue weighted by Gasteiger charge is -2.39. The molecule has 1 aliphatic carbocycles. The summed E-state index contributed by atoms with van der Waals surface area (Å²) in [5, 5.41) is 8.97. The number of hydrogen-bond donors (Lipinski definition) is 0. The number of nitrogens with zero attached hydrogens (tertiary/aromatic N) is 2. The smallest absolute Gasteiger partial charge is 0.313 e. The maximum Gasteiger partial charge on any atom is 0.313 e. The van der Waals surface area contributed by atoms with Crippen molar-refractivity contribution >= 4 is 11.9 Å². The molecule has 1 saturated heterocycles. The number of fused-ring (bicyclic) bond motifs is 2. The zero-order chi connectivity index (χ0) is 18.3. The highest BCUT2D eigenvalue weighted by Gasteiger charge is 2.76. The van der Waals surface area contributed by atoms with Crippen molar-refractivity contribution in [2.45, 2.75) is 52.2 Å². The van der Waals surface area contributed by atoms with Gasteiger partial charge in [0.25, 0.3) is 5.91 Å². The molecule has 2 atom stereocenters. The van der Waals surface area contributed by atoms with Crippen molar-refractivity contribution in [2.75, 3.05) is 6.54 Å². The Morgan fingerprint density at radius 1 is 1.24 bits per heavy atom. The standard InChI is InChI=1S/C20H24N2O3/c1-18(2)19(3)10-11-20(18,25-17(19)24)16(23)22(13-7-12-21)14-15-8-5-4-6-9-15/h4-6,8-9H,7,10-11,13-14H2,1-3H3. The second-order valence-electron chi connectivity index (χ2n) is 7.79. The Hall–Kier alpha value is -2.35. The van der Waals surface area contributed by atoms with Crippen molar-refractivity contribution in [1.82, 2.24) is 4.90 Å². The molecule has 1 heterocycles. The first-order valence-corrected chi connectivity index (χ1v) is 8.72. The van der Waals surface area contributed by atoms with Gasteiger partial charge in [-0.1, -0.05) is 44.2 Å². The molecule has 0 aromatic heterocycles. The zero-order valence-corrected chi connectivity index (χ0v) is 15.0. The van der Waals surface area contributed by atoms with Gasteiger partial charge in [0.1, 0.15) is 0 Å². The van der Waals surface area contributed by atoms with E-state index < -0.39 is 16.4 Å². The first-order chi connectivity index (χ1) is 11.8. The van der Waals surface area contributed by atoms with Crippen LogP contribution < -0.4 is 0 Å². The number of carbonyl (C=O) groups excluding carboxylic acids is 2. The van der Waals surface area contributed by atoms with Gasteiger partial charge in [-0.25, -0.2) is 0 Å². The Labute approximate surface area is 148 Å². The SMILES string of the molecule is CC12CCC(C(=O)N(CCC#N)Cc3ccccc3)(OC1=O)C2(C)C. The van der Waals surface area contributed by atoms with E-state index in [1.54, 1.807) is 4.90 Å². The van der Waals surface area contributed by atoms with Crippen LogP contribution in [0.1, 0.15) is 45.6 Å². The van der Waals surface area contributed by atoms with E-state index in [1.807, 2.05) is 51.1 Å². The Bertz CT molecular complexity index is 737. The molecule has 1 aromatic carbocycles. The average Bonchev–Trinajstić information content (AvgIpc) is 2.89. The van der Waals surface area contributed by atoms with Crippen molar-refractivity contribution in [3.05, 3.63) is 35.9 Å². The minimum absolute atomic E-state index is 0.175. The van der Waals surface area contributed by atoms with Crippen LogP contribution in [-0.4, -0.2) is 28.9 Å². The van der Waals surface area contributed by atoms with Crippen molar-refractivity contribution in [1.29, 1.82) is 5.26 Å². The highest BCUT2D eigenvalue weighted by Crippen LogP contribution is 2.66. The summed E-state index contributed by atoms with van der Waals surface area (Å²) in [6.45, 7) is 6.54. The van der Waals surface area contributed by atoms with Gasteiger partial charge in [-0.15, -0.1) is 0 Å². The number of esters is 1. The molecule has 5 heteroatoms. The van der Waals surface area contributed by atoms with Gasteiger partial charge in [-0.05, 0) is 25.3 Å². The van der Waals surface area contributed by atoms with Crippen LogP contribution in [0.4, 0.5) is 0 Å². The van der Waals surface area contributed by atoms with Gasteiger partial charge in [0.2, 0.25) is 0 Å². The second-order valence-corrected chi connectivity index (χ2v) is 7.79. The van der Waals surface area contributed by atoms with E-state index in [-0.39, 0.29) is 18.3 Å². The lowest BCUT2D eigenvalue weighted by molar-refractivity contribution is -0.174. The van der Waals surface area contributed by atoms with Gasteiger partial charge in [0.15, 0.2) is 5.60 Å². The van der Waals surface area contributed by atoms with Crippen LogP contribution in [0.3, 0.4) is 0 Å². The fourth-order valence-corrected chi connectivity index (χ4v) is 4.22. The van der Waals surface area contributed by atoms with Gasteiger partial charge in [0.05, 0.1) is 17.9 Å². The molecule has 1 amide bonds. The molecule has 132 valence electrons. The highest BCUT2D eigenvalue weighted by molar-refractivity contribution is 5.96. The van der Waals surface area contributed by atoms with E-state index in [0.29, 0.717) is 25.9 Å². The molecule has 2 unspecified atom stereocenters. The van der Waals surface area contributed by atoms with Crippen LogP contribution >= 0.6 is 0 Å². The largest absolute Gasteiger partial charge is 0.448 e. The molecule has 0 radical (unpaired) electrons. The predicted octanol–water partition coefficient (Wildman–Crippen LogP) is 3.05. The molecule has 2 aliphatic rings. The normalized spacial score (nSPS) is 29.1. The maximum atomic E-state index is 13.5. The van der Waals surface area contributed by atoms with Gasteiger partial charge in [-0.2, -0.15) is 5.26 Å². The number of carbonyl (C=O) groups is 2. The minimum Gasteiger partial charge on any atom is -0.448 e. The maximum absolute atomic E-state index is 13.5. The van der Waals surface area contributed by atoms with Crippen LogP contribution in [0.25, 0.3) is 0 Å². The molecule has 0 N–H and O–H groups in total. The number of benzene rings is 1. The lowest BCUT2D eigenvalue weighted by atomic mass is 9.66. The van der Waals surface area contributed by atoms with Crippen LogP contribution in [0, 0.1) is 22.2 Å². The Morgan fingerprint density at radius 2 is 1.92 bits per heavy atom. The van der Waals surface area contributed by atoms with E-state index in [9.17, 15) is 9.59 Å². The molecule has 1 saturated carbocycles. The first-order valence-electron chi connectivity index (χ1n) is 8.72. The summed E-state index contributed by atoms with van der Waals surface area (Å²) >= 11 is 0. The zero-order valence-electron chi connectivity index (χ0n) is 15.0. The van der Waals surface area contributed by atoms with Gasteiger partial charge >= 0.3 is 5.97 Å². The van der Waals surface area contributed by atoms with Gasteiger partial charge in [-0.3, -0.25) is 9.59 Å². The molecule has 1 aromatic rings. The third-order valence-electron chi connectivity index (χ3n) is 6.43. The summed E-state index contributed by atoms with van der Waals surface area (Å²) in [7, 11) is 0. The molecule has 2 bridgehead atoms. The first kappa shape index (κ1) is 17.5. The highest BCUT2D eigenvalue weighted by atomic mass is 16.6. The molecular formula is C20H24N2O3. The molecule has 3 rings (SSSR count). The van der Waals surface area contributed by atoms with Crippen LogP contribution in [-0.2, 0) is 20.9 Å². The summed E-state index contributed by atoms with van der Waals surface area (Å²) in [5.74, 6) is -0.455. The fourth-order valence-electron chi connectivity index (χ4n) is 4.22.